The van der Waals surface area contributed by atoms with E-state index in [0.717, 1.165) is 0 Å². The van der Waals surface area contributed by atoms with E-state index in [-0.39, 0.29) is 6.61 Å². The molecule has 0 aromatic rings. The molecule has 0 bridgehead atoms. The summed E-state index contributed by atoms with van der Waals surface area (Å²) in [6.07, 6.45) is -2.99. The van der Waals surface area contributed by atoms with Crippen molar-refractivity contribution in [3.8, 4) is 0 Å². The zero-order valence-corrected chi connectivity index (χ0v) is 8.43. The number of rotatable bonds is 1. The average molecular weight is 216 g/mol. The molecule has 1 N–H and O–H groups in total. The third-order valence-corrected chi connectivity index (χ3v) is 2.42. The fourth-order valence-corrected chi connectivity index (χ4v) is 1.67. The summed E-state index contributed by atoms with van der Waals surface area (Å²) in [7, 11) is 0. The number of aliphatic hydroxyl groups is 1. The van der Waals surface area contributed by atoms with Crippen LogP contribution in [0.3, 0.4) is 0 Å². The molecule has 0 aliphatic carbocycles. The van der Waals surface area contributed by atoms with Gasteiger partial charge in [-0.15, -0.1) is 0 Å². The SMILES string of the molecule is CC1(C)OCC(C2OC(=O)C(=O)C2O)O1. The molecule has 6 heteroatoms. The van der Waals surface area contributed by atoms with E-state index in [9.17, 15) is 14.7 Å². The van der Waals surface area contributed by atoms with Crippen LogP contribution in [0.1, 0.15) is 13.8 Å². The molecule has 0 radical (unpaired) electrons. The number of Topliss-reactive ketones (excluding diaryl/α,β-unsaturated/α-hetero) is 1. The van der Waals surface area contributed by atoms with Crippen molar-refractivity contribution in [3.63, 3.8) is 0 Å². The van der Waals surface area contributed by atoms with Gasteiger partial charge < -0.3 is 19.3 Å². The van der Waals surface area contributed by atoms with Gasteiger partial charge in [0.15, 0.2) is 18.0 Å². The molecule has 15 heavy (non-hydrogen) atoms. The lowest BCUT2D eigenvalue weighted by Crippen LogP contribution is -2.39. The third kappa shape index (κ3) is 1.75. The second-order valence-electron chi connectivity index (χ2n) is 4.05. The fourth-order valence-electron chi connectivity index (χ4n) is 1.67. The standard InChI is InChI=1S/C9H12O6/c1-9(2)13-3-4(15-9)7-5(10)6(11)8(12)14-7/h4-5,7,10H,3H2,1-2H3. The largest absolute Gasteiger partial charge is 0.450 e. The maximum atomic E-state index is 11.0. The van der Waals surface area contributed by atoms with Gasteiger partial charge in [-0.2, -0.15) is 0 Å². The van der Waals surface area contributed by atoms with Gasteiger partial charge in [0.2, 0.25) is 0 Å². The van der Waals surface area contributed by atoms with Crippen LogP contribution in [0.5, 0.6) is 0 Å². The lowest BCUT2D eigenvalue weighted by atomic mass is 10.1. The van der Waals surface area contributed by atoms with Crippen molar-refractivity contribution in [3.05, 3.63) is 0 Å². The first-order valence-corrected chi connectivity index (χ1v) is 4.65. The molecular weight excluding hydrogens is 204 g/mol. The van der Waals surface area contributed by atoms with E-state index in [1.807, 2.05) is 0 Å². The minimum atomic E-state index is -1.44. The summed E-state index contributed by atoms with van der Waals surface area (Å²) in [5.41, 5.74) is 0. The van der Waals surface area contributed by atoms with Crippen LogP contribution in [0.2, 0.25) is 0 Å². The number of ketones is 1. The van der Waals surface area contributed by atoms with Gasteiger partial charge in [0.25, 0.3) is 5.78 Å². The van der Waals surface area contributed by atoms with Crippen molar-refractivity contribution in [2.45, 2.75) is 37.9 Å². The molecule has 2 fully saturated rings. The number of ether oxygens (including phenoxy) is 3. The Morgan fingerprint density at radius 3 is 2.47 bits per heavy atom. The predicted molar refractivity (Wildman–Crippen MR) is 45.8 cm³/mol. The minimum absolute atomic E-state index is 0.190. The van der Waals surface area contributed by atoms with Crippen molar-refractivity contribution < 1.29 is 28.9 Å². The van der Waals surface area contributed by atoms with Gasteiger partial charge >= 0.3 is 5.97 Å². The number of aliphatic hydroxyl groups excluding tert-OH is 1. The summed E-state index contributed by atoms with van der Waals surface area (Å²) in [4.78, 5) is 21.9. The van der Waals surface area contributed by atoms with Crippen LogP contribution in [-0.2, 0) is 23.8 Å². The van der Waals surface area contributed by atoms with E-state index in [2.05, 4.69) is 0 Å². The van der Waals surface area contributed by atoms with E-state index in [0.29, 0.717) is 0 Å². The Morgan fingerprint density at radius 1 is 1.40 bits per heavy atom. The lowest BCUT2D eigenvalue weighted by Gasteiger charge is -2.20. The van der Waals surface area contributed by atoms with Crippen molar-refractivity contribution in [2.75, 3.05) is 6.61 Å². The molecule has 0 saturated carbocycles. The van der Waals surface area contributed by atoms with Crippen LogP contribution >= 0.6 is 0 Å². The summed E-state index contributed by atoms with van der Waals surface area (Å²) in [5, 5.41) is 9.43. The number of hydrogen-bond donors (Lipinski definition) is 1. The van der Waals surface area contributed by atoms with Crippen LogP contribution in [0.15, 0.2) is 0 Å². The van der Waals surface area contributed by atoms with E-state index in [4.69, 9.17) is 14.2 Å². The zero-order valence-electron chi connectivity index (χ0n) is 8.43. The summed E-state index contributed by atoms with van der Waals surface area (Å²) in [5.74, 6) is -2.71. The Kier molecular flexibility index (Phi) is 2.29. The molecule has 2 rings (SSSR count). The van der Waals surface area contributed by atoms with E-state index >= 15 is 0 Å². The molecule has 2 aliphatic heterocycles. The van der Waals surface area contributed by atoms with Gasteiger partial charge in [0.1, 0.15) is 6.10 Å². The quantitative estimate of drug-likeness (QED) is 0.447. The Labute approximate surface area is 86.1 Å². The topological polar surface area (TPSA) is 82.1 Å². The van der Waals surface area contributed by atoms with Gasteiger partial charge in [-0.25, -0.2) is 4.79 Å². The molecule has 0 amide bonds. The van der Waals surface area contributed by atoms with Crippen molar-refractivity contribution >= 4 is 11.8 Å². The summed E-state index contributed by atoms with van der Waals surface area (Å²) >= 11 is 0. The van der Waals surface area contributed by atoms with Crippen LogP contribution in [-0.4, -0.2) is 47.6 Å². The molecule has 0 aromatic heterocycles. The Bertz CT molecular complexity index is 310. The van der Waals surface area contributed by atoms with Crippen LogP contribution in [0, 0.1) is 0 Å². The molecule has 3 unspecified atom stereocenters. The normalized spacial score (nSPS) is 39.5. The zero-order chi connectivity index (χ0) is 11.2. The molecule has 84 valence electrons. The average Bonchev–Trinajstić information content (AvgIpc) is 2.62. The maximum absolute atomic E-state index is 11.0. The van der Waals surface area contributed by atoms with E-state index in [1.165, 1.54) is 0 Å². The number of hydrogen-bond acceptors (Lipinski definition) is 6. The smallest absolute Gasteiger partial charge is 0.378 e. The Morgan fingerprint density at radius 2 is 2.07 bits per heavy atom. The first kappa shape index (κ1) is 10.5. The fraction of sp³-hybridized carbons (Fsp3) is 0.778. The van der Waals surface area contributed by atoms with Crippen LogP contribution in [0.4, 0.5) is 0 Å². The van der Waals surface area contributed by atoms with E-state index in [1.54, 1.807) is 13.8 Å². The van der Waals surface area contributed by atoms with Gasteiger partial charge in [0.05, 0.1) is 6.61 Å². The number of esters is 1. The number of carbonyl (C=O) groups is 2. The minimum Gasteiger partial charge on any atom is -0.450 e. The number of carbonyl (C=O) groups excluding carboxylic acids is 2. The second kappa shape index (κ2) is 3.26. The first-order valence-electron chi connectivity index (χ1n) is 4.65. The predicted octanol–water partition coefficient (Wildman–Crippen LogP) is -1.01. The summed E-state index contributed by atoms with van der Waals surface area (Å²) < 4.78 is 15.4. The lowest BCUT2D eigenvalue weighted by molar-refractivity contribution is -0.166. The molecule has 2 saturated heterocycles. The van der Waals surface area contributed by atoms with Gasteiger partial charge in [-0.1, -0.05) is 0 Å². The molecule has 0 aromatic carbocycles. The van der Waals surface area contributed by atoms with Gasteiger partial charge in [0, 0.05) is 0 Å². The molecule has 3 atom stereocenters. The highest BCUT2D eigenvalue weighted by Gasteiger charge is 2.50. The second-order valence-corrected chi connectivity index (χ2v) is 4.05. The maximum Gasteiger partial charge on any atom is 0.378 e. The van der Waals surface area contributed by atoms with Crippen molar-refractivity contribution in [2.24, 2.45) is 0 Å². The molecule has 6 nitrogen and oxygen atoms in total. The Balaban J connectivity index is 2.08. The van der Waals surface area contributed by atoms with Gasteiger partial charge in [-0.3, -0.25) is 4.79 Å². The third-order valence-electron chi connectivity index (χ3n) is 2.42. The summed E-state index contributed by atoms with van der Waals surface area (Å²) in [6, 6.07) is 0. The van der Waals surface area contributed by atoms with Crippen molar-refractivity contribution in [1.29, 1.82) is 0 Å². The highest BCUT2D eigenvalue weighted by molar-refractivity contribution is 6.37. The summed E-state index contributed by atoms with van der Waals surface area (Å²) in [6.45, 7) is 3.60. The van der Waals surface area contributed by atoms with Crippen LogP contribution < -0.4 is 0 Å². The first-order chi connectivity index (χ1) is 6.91. The van der Waals surface area contributed by atoms with Crippen molar-refractivity contribution in [1.82, 2.24) is 0 Å². The molecule has 0 spiro atoms. The van der Waals surface area contributed by atoms with E-state index < -0.39 is 35.9 Å². The van der Waals surface area contributed by atoms with Gasteiger partial charge in [-0.05, 0) is 13.8 Å². The molecular formula is C9H12O6. The highest BCUT2D eigenvalue weighted by Crippen LogP contribution is 2.28. The molecule has 2 heterocycles. The Hall–Kier alpha value is -0.980. The highest BCUT2D eigenvalue weighted by atomic mass is 16.8. The van der Waals surface area contributed by atoms with Crippen LogP contribution in [0.25, 0.3) is 0 Å². The number of cyclic esters (lactones) is 1. The molecule has 2 aliphatic rings. The monoisotopic (exact) mass is 216 g/mol.